The second-order valence-electron chi connectivity index (χ2n) is 12.0. The summed E-state index contributed by atoms with van der Waals surface area (Å²) < 4.78 is 31.1. The number of hydrogen-bond donors (Lipinski definition) is 2. The molecule has 1 unspecified atom stereocenters. The zero-order valence-corrected chi connectivity index (χ0v) is 26.1. The number of benzene rings is 2. The van der Waals surface area contributed by atoms with Crippen LogP contribution in [0.3, 0.4) is 0 Å². The second kappa shape index (κ2) is 11.4. The number of carbonyl (C=O) groups excluding carboxylic acids is 1. The summed E-state index contributed by atoms with van der Waals surface area (Å²) in [6.45, 7) is 5.47. The van der Waals surface area contributed by atoms with E-state index in [1.165, 1.54) is 11.7 Å². The summed E-state index contributed by atoms with van der Waals surface area (Å²) in [5.74, 6) is -0.928. The molecule has 44 heavy (non-hydrogen) atoms. The quantitative estimate of drug-likeness (QED) is 0.211. The third-order valence-electron chi connectivity index (χ3n) is 9.05. The van der Waals surface area contributed by atoms with Crippen LogP contribution in [0.25, 0.3) is 5.69 Å². The molecule has 2 aliphatic rings. The molecule has 0 saturated carbocycles. The molecular formula is C32H36FN5O5Si. The van der Waals surface area contributed by atoms with Gasteiger partial charge in [-0.25, -0.2) is 0 Å². The highest BCUT2D eigenvalue weighted by Gasteiger charge is 2.65. The number of halogens is 1. The fraction of sp³-hybridized carbons (Fsp3) is 0.375. The van der Waals surface area contributed by atoms with Crippen molar-refractivity contribution in [3.05, 3.63) is 100 Å². The third-order valence-corrected chi connectivity index (χ3v) is 11.5. The van der Waals surface area contributed by atoms with Crippen LogP contribution in [0.4, 0.5) is 9.80 Å². The van der Waals surface area contributed by atoms with Crippen LogP contribution >= 0.6 is 0 Å². The van der Waals surface area contributed by atoms with E-state index in [1.54, 1.807) is 60.5 Å². The number of amides is 1. The minimum atomic E-state index is -3.35. The molecule has 12 heteroatoms. The smallest absolute Gasteiger partial charge is 0.297 e. The number of hydrogen-bond acceptors (Lipinski definition) is 7. The van der Waals surface area contributed by atoms with Crippen LogP contribution in [0, 0.1) is 5.92 Å². The van der Waals surface area contributed by atoms with Crippen LogP contribution in [0.2, 0.25) is 18.6 Å². The molecule has 2 N–H and O–H groups in total. The summed E-state index contributed by atoms with van der Waals surface area (Å²) in [5, 5.41) is 21.6. The van der Waals surface area contributed by atoms with E-state index in [1.807, 2.05) is 37.3 Å². The van der Waals surface area contributed by atoms with Crippen molar-refractivity contribution in [1.29, 1.82) is 0 Å². The van der Waals surface area contributed by atoms with E-state index in [4.69, 9.17) is 9.47 Å². The average Bonchev–Trinajstić information content (AvgIpc) is 3.67. The van der Waals surface area contributed by atoms with Crippen LogP contribution in [-0.2, 0) is 21.7 Å². The maximum Gasteiger partial charge on any atom is 0.297 e. The molecule has 2 aromatic heterocycles. The van der Waals surface area contributed by atoms with Gasteiger partial charge in [0.1, 0.15) is 0 Å². The Morgan fingerprint density at radius 1 is 1.16 bits per heavy atom. The first-order chi connectivity index (χ1) is 21.1. The molecule has 0 bridgehead atoms. The van der Waals surface area contributed by atoms with Gasteiger partial charge in [-0.05, 0) is 55.4 Å². The van der Waals surface area contributed by atoms with Crippen LogP contribution in [0.15, 0.2) is 77.9 Å². The van der Waals surface area contributed by atoms with Gasteiger partial charge >= 0.3 is 0 Å². The maximum atomic E-state index is 16.1. The van der Waals surface area contributed by atoms with Gasteiger partial charge < -0.3 is 24.0 Å². The van der Waals surface area contributed by atoms with Gasteiger partial charge in [-0.2, -0.15) is 0 Å². The van der Waals surface area contributed by atoms with E-state index in [-0.39, 0.29) is 29.7 Å². The van der Waals surface area contributed by atoms with Crippen molar-refractivity contribution < 1.29 is 23.5 Å². The molecule has 1 amide bonds. The van der Waals surface area contributed by atoms with Crippen molar-refractivity contribution in [2.24, 2.45) is 5.92 Å². The number of aromatic nitrogens is 4. The fourth-order valence-electron chi connectivity index (χ4n) is 7.00. The summed E-state index contributed by atoms with van der Waals surface area (Å²) in [7, 11) is -1.91. The van der Waals surface area contributed by atoms with E-state index >= 15 is 4.11 Å². The number of methoxy groups -OCH3 is 1. The summed E-state index contributed by atoms with van der Waals surface area (Å²) in [4.78, 5) is 26.7. The van der Waals surface area contributed by atoms with Crippen molar-refractivity contribution in [3.63, 3.8) is 0 Å². The van der Waals surface area contributed by atoms with Gasteiger partial charge in [0.05, 0.1) is 31.4 Å². The minimum absolute atomic E-state index is 0.114. The van der Waals surface area contributed by atoms with Gasteiger partial charge in [0, 0.05) is 47.3 Å². The predicted octanol–water partition coefficient (Wildman–Crippen LogP) is 4.38. The highest BCUT2D eigenvalue weighted by molar-refractivity contribution is 6.72. The molecule has 5 atom stereocenters. The lowest BCUT2D eigenvalue weighted by Gasteiger charge is -2.30. The number of carbonyl (C=O) groups is 1. The number of nitrogens with one attached hydrogen (secondary N) is 1. The standard InChI is InChI=1S/C32H36FN5O5Si/c1-20-29(44(3,4)33)27(14-16-37-18-26(35-36-37)23(19-39)21-9-6-5-7-10-21)43-32(20)24-17-22(12-13-25(24)34-31(32)41)38-15-8-11-28(42-2)30(38)40/h5-13,15,17-18,20,23,27,29,39H,14,16,19H2,1-4H3,(H,34,41)/t20-,23?,27+,29-,32+/m1/s1. The number of pyridine rings is 1. The number of aryl methyl sites for hydroxylation is 1. The molecule has 1 spiro atoms. The number of aliphatic hydroxyl groups is 1. The van der Waals surface area contributed by atoms with E-state index in [0.29, 0.717) is 35.6 Å². The number of anilines is 1. The van der Waals surface area contributed by atoms with Gasteiger partial charge in [-0.3, -0.25) is 18.8 Å². The molecule has 2 aromatic carbocycles. The average molecular weight is 618 g/mol. The van der Waals surface area contributed by atoms with Gasteiger partial charge in [-0.1, -0.05) is 42.5 Å². The maximum absolute atomic E-state index is 16.1. The van der Waals surface area contributed by atoms with E-state index in [9.17, 15) is 14.7 Å². The van der Waals surface area contributed by atoms with Crippen molar-refractivity contribution in [3.8, 4) is 11.4 Å². The van der Waals surface area contributed by atoms with Crippen LogP contribution in [-0.4, -0.2) is 58.8 Å². The summed E-state index contributed by atoms with van der Waals surface area (Å²) in [6, 6.07) is 18.2. The molecule has 1 fully saturated rings. The van der Waals surface area contributed by atoms with Gasteiger partial charge in [0.15, 0.2) is 11.4 Å². The third kappa shape index (κ3) is 4.96. The molecule has 1 saturated heterocycles. The molecule has 4 aromatic rings. The normalized spacial score (nSPS) is 23.5. The largest absolute Gasteiger partial charge is 0.491 e. The van der Waals surface area contributed by atoms with Gasteiger partial charge in [0.25, 0.3) is 11.5 Å². The minimum Gasteiger partial charge on any atom is -0.491 e. The first-order valence-corrected chi connectivity index (χ1v) is 17.7. The van der Waals surface area contributed by atoms with Gasteiger partial charge in [0.2, 0.25) is 8.41 Å². The highest BCUT2D eigenvalue weighted by atomic mass is 28.4. The lowest BCUT2D eigenvalue weighted by Crippen LogP contribution is -2.42. The Morgan fingerprint density at radius 3 is 2.64 bits per heavy atom. The molecule has 0 radical (unpaired) electrons. The predicted molar refractivity (Wildman–Crippen MR) is 165 cm³/mol. The summed E-state index contributed by atoms with van der Waals surface area (Å²) in [5.41, 5.74) is 1.05. The van der Waals surface area contributed by atoms with Crippen molar-refractivity contribution in [2.75, 3.05) is 19.0 Å². The first-order valence-electron chi connectivity index (χ1n) is 14.7. The summed E-state index contributed by atoms with van der Waals surface area (Å²) >= 11 is 0. The van der Waals surface area contributed by atoms with Crippen molar-refractivity contribution in [1.82, 2.24) is 19.6 Å². The number of ether oxygens (including phenoxy) is 2. The molecule has 4 heterocycles. The van der Waals surface area contributed by atoms with E-state index in [0.717, 1.165) is 5.56 Å². The Morgan fingerprint density at radius 2 is 1.93 bits per heavy atom. The first kappa shape index (κ1) is 29.9. The van der Waals surface area contributed by atoms with Crippen LogP contribution in [0.1, 0.15) is 36.1 Å². The number of aliphatic hydroxyl groups excluding tert-OH is 1. The molecule has 10 nitrogen and oxygen atoms in total. The number of rotatable bonds is 9. The van der Waals surface area contributed by atoms with Crippen LogP contribution < -0.4 is 15.6 Å². The lowest BCUT2D eigenvalue weighted by atomic mass is 9.82. The Balaban J connectivity index is 1.31. The zero-order valence-electron chi connectivity index (χ0n) is 25.1. The number of nitrogens with zero attached hydrogens (tertiary/aromatic N) is 4. The summed E-state index contributed by atoms with van der Waals surface area (Å²) in [6.07, 6.45) is 3.28. The molecule has 230 valence electrons. The molecular weight excluding hydrogens is 581 g/mol. The van der Waals surface area contributed by atoms with Crippen molar-refractivity contribution in [2.45, 2.75) is 56.1 Å². The van der Waals surface area contributed by atoms with Crippen molar-refractivity contribution >= 4 is 20.0 Å². The Bertz CT molecular complexity index is 1740. The van der Waals surface area contributed by atoms with E-state index in [2.05, 4.69) is 15.6 Å². The highest BCUT2D eigenvalue weighted by Crippen LogP contribution is 2.59. The Kier molecular flexibility index (Phi) is 7.76. The van der Waals surface area contributed by atoms with Gasteiger partial charge in [-0.15, -0.1) is 5.10 Å². The lowest BCUT2D eigenvalue weighted by molar-refractivity contribution is -0.143. The zero-order chi connectivity index (χ0) is 31.2. The fourth-order valence-corrected chi connectivity index (χ4v) is 9.55. The number of fused-ring (bicyclic) bond motifs is 2. The Hall–Kier alpha value is -4.13. The molecule has 0 aliphatic carbocycles. The van der Waals surface area contributed by atoms with Crippen LogP contribution in [0.5, 0.6) is 5.75 Å². The SMILES string of the molecule is COc1cccn(-c2ccc3c(c2)[C@]2(O[C@@H](CCn4cc(C(CO)c5ccccc5)nn4)[C@H]([Si](C)(C)F)[C@H]2C)C(=O)N3)c1=O. The van der Waals surface area contributed by atoms with E-state index < -0.39 is 31.6 Å². The second-order valence-corrected chi connectivity index (χ2v) is 15.8. The topological polar surface area (TPSA) is 120 Å². The molecule has 2 aliphatic heterocycles. The monoisotopic (exact) mass is 617 g/mol. The Labute approximate surface area is 255 Å². The molecule has 6 rings (SSSR count).